The molecule has 1 N–H and O–H groups in total. The van der Waals surface area contributed by atoms with E-state index in [-0.39, 0.29) is 24.0 Å². The molecular weight excluding hydrogens is 254 g/mol. The highest BCUT2D eigenvalue weighted by Crippen LogP contribution is 2.30. The van der Waals surface area contributed by atoms with Crippen LogP contribution in [0.2, 0.25) is 0 Å². The molecular formula is C16H25NO3. The summed E-state index contributed by atoms with van der Waals surface area (Å²) in [6, 6.07) is 7.80. The Kier molecular flexibility index (Phi) is 6.02. The maximum atomic E-state index is 11.8. The maximum Gasteiger partial charge on any atom is 0.258 e. The quantitative estimate of drug-likeness (QED) is 0.870. The fourth-order valence-corrected chi connectivity index (χ4v) is 1.96. The lowest BCUT2D eigenvalue weighted by molar-refractivity contribution is -0.124. The second-order valence-corrected chi connectivity index (χ2v) is 5.96. The zero-order valence-electron chi connectivity index (χ0n) is 13.0. The number of hydrogen-bond donors (Lipinski definition) is 1. The monoisotopic (exact) mass is 279 g/mol. The highest BCUT2D eigenvalue weighted by molar-refractivity contribution is 5.77. The van der Waals surface area contributed by atoms with Crippen LogP contribution in [0.3, 0.4) is 0 Å². The molecule has 1 amide bonds. The number of amides is 1. The SMILES string of the molecule is COCC(C)NC(=O)COc1ccccc1C(C)(C)C. The molecule has 0 aromatic heterocycles. The Labute approximate surface area is 121 Å². The first-order valence-electron chi connectivity index (χ1n) is 6.85. The van der Waals surface area contributed by atoms with Crippen molar-refractivity contribution in [3.63, 3.8) is 0 Å². The molecule has 0 aliphatic carbocycles. The Hall–Kier alpha value is -1.55. The van der Waals surface area contributed by atoms with Crippen molar-refractivity contribution in [1.82, 2.24) is 5.32 Å². The van der Waals surface area contributed by atoms with Crippen molar-refractivity contribution in [3.8, 4) is 5.75 Å². The molecule has 112 valence electrons. The fourth-order valence-electron chi connectivity index (χ4n) is 1.96. The van der Waals surface area contributed by atoms with E-state index in [2.05, 4.69) is 26.1 Å². The highest BCUT2D eigenvalue weighted by Gasteiger charge is 2.19. The highest BCUT2D eigenvalue weighted by atomic mass is 16.5. The second-order valence-electron chi connectivity index (χ2n) is 5.96. The van der Waals surface area contributed by atoms with Crippen LogP contribution in [0.25, 0.3) is 0 Å². The fraction of sp³-hybridized carbons (Fsp3) is 0.562. The Morgan fingerprint density at radius 1 is 1.30 bits per heavy atom. The smallest absolute Gasteiger partial charge is 0.258 e. The van der Waals surface area contributed by atoms with Gasteiger partial charge in [-0.05, 0) is 24.0 Å². The number of carbonyl (C=O) groups is 1. The van der Waals surface area contributed by atoms with Gasteiger partial charge in [-0.1, -0.05) is 39.0 Å². The van der Waals surface area contributed by atoms with Crippen LogP contribution in [-0.4, -0.2) is 32.3 Å². The van der Waals surface area contributed by atoms with E-state index in [9.17, 15) is 4.79 Å². The summed E-state index contributed by atoms with van der Waals surface area (Å²) in [5.41, 5.74) is 1.08. The third kappa shape index (κ3) is 5.21. The number of rotatable bonds is 6. The number of benzene rings is 1. The van der Waals surface area contributed by atoms with Gasteiger partial charge in [0.1, 0.15) is 5.75 Å². The summed E-state index contributed by atoms with van der Waals surface area (Å²) in [7, 11) is 1.61. The van der Waals surface area contributed by atoms with Crippen LogP contribution in [0.1, 0.15) is 33.3 Å². The van der Waals surface area contributed by atoms with Crippen LogP contribution < -0.4 is 10.1 Å². The minimum absolute atomic E-state index is 0.0150. The zero-order valence-corrected chi connectivity index (χ0v) is 13.0. The Balaban J connectivity index is 2.60. The predicted octanol–water partition coefficient (Wildman–Crippen LogP) is 2.51. The van der Waals surface area contributed by atoms with Gasteiger partial charge >= 0.3 is 0 Å². The molecule has 0 aliphatic heterocycles. The minimum Gasteiger partial charge on any atom is -0.483 e. The Morgan fingerprint density at radius 3 is 2.55 bits per heavy atom. The van der Waals surface area contributed by atoms with Crippen molar-refractivity contribution in [1.29, 1.82) is 0 Å². The van der Waals surface area contributed by atoms with E-state index in [1.807, 2.05) is 31.2 Å². The molecule has 0 heterocycles. The first-order chi connectivity index (χ1) is 9.34. The molecule has 0 bridgehead atoms. The molecule has 1 atom stereocenters. The third-order valence-electron chi connectivity index (χ3n) is 2.88. The Morgan fingerprint density at radius 2 is 1.95 bits per heavy atom. The molecule has 0 aliphatic rings. The van der Waals surface area contributed by atoms with Gasteiger partial charge in [-0.2, -0.15) is 0 Å². The van der Waals surface area contributed by atoms with Crippen LogP contribution in [0.5, 0.6) is 5.75 Å². The summed E-state index contributed by atoms with van der Waals surface area (Å²) in [4.78, 5) is 11.8. The average Bonchev–Trinajstić information content (AvgIpc) is 2.36. The third-order valence-corrected chi connectivity index (χ3v) is 2.88. The van der Waals surface area contributed by atoms with E-state index in [4.69, 9.17) is 9.47 Å². The van der Waals surface area contributed by atoms with Gasteiger partial charge in [0.25, 0.3) is 5.91 Å². The van der Waals surface area contributed by atoms with Gasteiger partial charge in [0, 0.05) is 13.2 Å². The number of para-hydroxylation sites is 1. The largest absolute Gasteiger partial charge is 0.483 e. The van der Waals surface area contributed by atoms with Gasteiger partial charge in [0.05, 0.1) is 6.61 Å². The van der Waals surface area contributed by atoms with Crippen LogP contribution in [-0.2, 0) is 14.9 Å². The zero-order chi connectivity index (χ0) is 15.2. The first-order valence-corrected chi connectivity index (χ1v) is 6.85. The lowest BCUT2D eigenvalue weighted by Crippen LogP contribution is -2.38. The summed E-state index contributed by atoms with van der Waals surface area (Å²) >= 11 is 0. The number of carbonyl (C=O) groups excluding carboxylic acids is 1. The first kappa shape index (κ1) is 16.5. The van der Waals surface area contributed by atoms with E-state index in [1.54, 1.807) is 7.11 Å². The number of ether oxygens (including phenoxy) is 2. The van der Waals surface area contributed by atoms with Crippen molar-refractivity contribution in [3.05, 3.63) is 29.8 Å². The second kappa shape index (κ2) is 7.29. The van der Waals surface area contributed by atoms with E-state index in [0.717, 1.165) is 11.3 Å². The maximum absolute atomic E-state index is 11.8. The molecule has 1 rings (SSSR count). The summed E-state index contributed by atoms with van der Waals surface area (Å²) in [5, 5.41) is 2.82. The van der Waals surface area contributed by atoms with Crippen LogP contribution in [0, 0.1) is 0 Å². The number of hydrogen-bond acceptors (Lipinski definition) is 3. The number of nitrogens with one attached hydrogen (secondary N) is 1. The molecule has 1 unspecified atom stereocenters. The lowest BCUT2D eigenvalue weighted by Gasteiger charge is -2.22. The van der Waals surface area contributed by atoms with E-state index < -0.39 is 0 Å². The van der Waals surface area contributed by atoms with Crippen LogP contribution in [0.15, 0.2) is 24.3 Å². The van der Waals surface area contributed by atoms with Crippen molar-refractivity contribution < 1.29 is 14.3 Å². The van der Waals surface area contributed by atoms with Crippen molar-refractivity contribution in [2.45, 2.75) is 39.2 Å². The van der Waals surface area contributed by atoms with Gasteiger partial charge in [-0.3, -0.25) is 4.79 Å². The normalized spacial score (nSPS) is 12.8. The van der Waals surface area contributed by atoms with Gasteiger partial charge in [-0.25, -0.2) is 0 Å². The van der Waals surface area contributed by atoms with Crippen molar-refractivity contribution in [2.24, 2.45) is 0 Å². The van der Waals surface area contributed by atoms with Crippen molar-refractivity contribution in [2.75, 3.05) is 20.3 Å². The molecule has 20 heavy (non-hydrogen) atoms. The standard InChI is InChI=1S/C16H25NO3/c1-12(10-19-5)17-15(18)11-20-14-9-7-6-8-13(14)16(2,3)4/h6-9,12H,10-11H2,1-5H3,(H,17,18). The molecule has 0 radical (unpaired) electrons. The lowest BCUT2D eigenvalue weighted by atomic mass is 9.86. The molecule has 0 saturated heterocycles. The molecule has 4 nitrogen and oxygen atoms in total. The molecule has 1 aromatic carbocycles. The van der Waals surface area contributed by atoms with Crippen LogP contribution in [0.4, 0.5) is 0 Å². The van der Waals surface area contributed by atoms with E-state index in [1.165, 1.54) is 0 Å². The predicted molar refractivity (Wildman–Crippen MR) is 80.1 cm³/mol. The summed E-state index contributed by atoms with van der Waals surface area (Å²) < 4.78 is 10.6. The molecule has 1 aromatic rings. The van der Waals surface area contributed by atoms with Gasteiger partial charge < -0.3 is 14.8 Å². The summed E-state index contributed by atoms with van der Waals surface area (Å²) in [5.74, 6) is 0.618. The van der Waals surface area contributed by atoms with Gasteiger partial charge in [0.15, 0.2) is 6.61 Å². The van der Waals surface area contributed by atoms with E-state index >= 15 is 0 Å². The van der Waals surface area contributed by atoms with E-state index in [0.29, 0.717) is 6.61 Å². The Bertz CT molecular complexity index is 438. The molecule has 4 heteroatoms. The van der Waals surface area contributed by atoms with Crippen molar-refractivity contribution >= 4 is 5.91 Å². The topological polar surface area (TPSA) is 47.6 Å². The van der Waals surface area contributed by atoms with Crippen LogP contribution >= 0.6 is 0 Å². The molecule has 0 saturated carbocycles. The summed E-state index contributed by atoms with van der Waals surface area (Å²) in [6.45, 7) is 8.76. The molecule has 0 fully saturated rings. The van der Waals surface area contributed by atoms with Gasteiger partial charge in [0.2, 0.25) is 0 Å². The average molecular weight is 279 g/mol. The van der Waals surface area contributed by atoms with Gasteiger partial charge in [-0.15, -0.1) is 0 Å². The minimum atomic E-state index is -0.140. The molecule has 0 spiro atoms. The number of methoxy groups -OCH3 is 1. The summed E-state index contributed by atoms with van der Waals surface area (Å²) in [6.07, 6.45) is 0.